The average molecular weight is 349 g/mol. The summed E-state index contributed by atoms with van der Waals surface area (Å²) in [6.07, 6.45) is 2.71. The van der Waals surface area contributed by atoms with Crippen molar-refractivity contribution >= 4 is 35.1 Å². The van der Waals surface area contributed by atoms with Gasteiger partial charge in [-0.05, 0) is 18.2 Å². The van der Waals surface area contributed by atoms with Crippen LogP contribution < -0.4 is 10.0 Å². The van der Waals surface area contributed by atoms with E-state index in [1.165, 1.54) is 12.1 Å². The number of carboxylic acid groups (broad SMARTS) is 1. The summed E-state index contributed by atoms with van der Waals surface area (Å²) < 4.78 is 5.63. The van der Waals surface area contributed by atoms with Gasteiger partial charge in [0, 0.05) is 10.6 Å². The maximum atomic E-state index is 12.8. The minimum atomic E-state index is -1.50. The number of imide groups is 1. The number of aliphatic hydroxyl groups is 1. The highest BCUT2D eigenvalue weighted by Crippen LogP contribution is 2.52. The van der Waals surface area contributed by atoms with Crippen molar-refractivity contribution in [3.05, 3.63) is 40.9 Å². The number of nitrogens with zero attached hydrogens (tertiary/aromatic N) is 1. The minimum absolute atomic E-state index is 0.0464. The minimum Gasteiger partial charge on any atom is -0.545 e. The van der Waals surface area contributed by atoms with Crippen LogP contribution in [0.25, 0.3) is 0 Å². The number of halogens is 1. The van der Waals surface area contributed by atoms with Crippen LogP contribution in [0.4, 0.5) is 5.69 Å². The fourth-order valence-electron chi connectivity index (χ4n) is 3.75. The monoisotopic (exact) mass is 348 g/mol. The second kappa shape index (κ2) is 4.89. The van der Waals surface area contributed by atoms with Crippen LogP contribution in [0.1, 0.15) is 10.4 Å². The van der Waals surface area contributed by atoms with Crippen molar-refractivity contribution in [2.24, 2.45) is 11.8 Å². The molecule has 8 heteroatoms. The van der Waals surface area contributed by atoms with Crippen LogP contribution in [0.3, 0.4) is 0 Å². The maximum Gasteiger partial charge on any atom is 0.241 e. The number of hydrogen-bond acceptors (Lipinski definition) is 6. The van der Waals surface area contributed by atoms with Gasteiger partial charge in [0.05, 0.1) is 36.2 Å². The third-order valence-corrected chi connectivity index (χ3v) is 5.16. The second-order valence-electron chi connectivity index (χ2n) is 6.02. The van der Waals surface area contributed by atoms with Gasteiger partial charge in [-0.3, -0.25) is 9.59 Å². The summed E-state index contributed by atoms with van der Waals surface area (Å²) in [5.74, 6) is -4.07. The number of ether oxygens (including phenoxy) is 1. The summed E-state index contributed by atoms with van der Waals surface area (Å²) in [7, 11) is 0. The van der Waals surface area contributed by atoms with Crippen molar-refractivity contribution in [2.75, 3.05) is 11.5 Å². The molecule has 2 saturated heterocycles. The number of carbonyl (C=O) groups is 3. The van der Waals surface area contributed by atoms with Crippen molar-refractivity contribution < 1.29 is 29.3 Å². The van der Waals surface area contributed by atoms with Gasteiger partial charge in [0.2, 0.25) is 11.8 Å². The molecule has 1 aromatic rings. The van der Waals surface area contributed by atoms with Gasteiger partial charge in [0.1, 0.15) is 5.60 Å². The number of rotatable bonds is 3. The number of hydrogen-bond donors (Lipinski definition) is 1. The van der Waals surface area contributed by atoms with E-state index in [9.17, 15) is 24.6 Å². The standard InChI is InChI=1S/C16H12ClNO6/c17-9-2-1-7(5-8(9)15(22)23)18-13(20)11-10-3-4-16(6-19,24-10)12(11)14(18)21/h1-5,10-12,19H,6H2,(H,22,23)/p-1/t10-,11-,12+,16+/m0/s1. The van der Waals surface area contributed by atoms with Crippen LogP contribution in [0.2, 0.25) is 5.02 Å². The van der Waals surface area contributed by atoms with Gasteiger partial charge in [-0.2, -0.15) is 0 Å². The molecule has 1 aromatic carbocycles. The first-order valence-corrected chi connectivity index (χ1v) is 7.64. The summed E-state index contributed by atoms with van der Waals surface area (Å²) in [5.41, 5.74) is -1.39. The largest absolute Gasteiger partial charge is 0.545 e. The lowest BCUT2D eigenvalue weighted by Crippen LogP contribution is -2.43. The summed E-state index contributed by atoms with van der Waals surface area (Å²) in [5, 5.41) is 20.7. The Morgan fingerprint density at radius 1 is 1.38 bits per heavy atom. The number of fused-ring (bicyclic) bond motifs is 5. The van der Waals surface area contributed by atoms with E-state index in [1.54, 1.807) is 12.2 Å². The van der Waals surface area contributed by atoms with Gasteiger partial charge in [-0.25, -0.2) is 4.90 Å². The predicted octanol–water partition coefficient (Wildman–Crippen LogP) is -0.491. The molecule has 2 bridgehead atoms. The van der Waals surface area contributed by atoms with E-state index >= 15 is 0 Å². The van der Waals surface area contributed by atoms with Crippen LogP contribution >= 0.6 is 11.6 Å². The Balaban J connectivity index is 1.77. The van der Waals surface area contributed by atoms with E-state index < -0.39 is 47.9 Å². The maximum absolute atomic E-state index is 12.8. The number of carbonyl (C=O) groups excluding carboxylic acids is 3. The highest BCUT2D eigenvalue weighted by atomic mass is 35.5. The van der Waals surface area contributed by atoms with Gasteiger partial charge < -0.3 is 19.7 Å². The Labute approximate surface area is 141 Å². The molecular formula is C16H11ClNO6-. The van der Waals surface area contributed by atoms with Crippen LogP contribution in [0.5, 0.6) is 0 Å². The summed E-state index contributed by atoms with van der Waals surface area (Å²) in [6, 6.07) is 3.83. The zero-order valence-corrected chi connectivity index (χ0v) is 12.9. The number of carboxylic acids is 1. The Bertz CT molecular complexity index is 821. The van der Waals surface area contributed by atoms with Gasteiger partial charge in [-0.1, -0.05) is 23.8 Å². The fraction of sp³-hybridized carbons (Fsp3) is 0.312. The van der Waals surface area contributed by atoms with Crippen LogP contribution in [-0.4, -0.2) is 41.2 Å². The number of aliphatic hydroxyl groups excluding tert-OH is 1. The van der Waals surface area contributed by atoms with Crippen molar-refractivity contribution in [3.8, 4) is 0 Å². The summed E-state index contributed by atoms with van der Waals surface area (Å²) >= 11 is 5.80. The van der Waals surface area contributed by atoms with Crippen LogP contribution in [-0.2, 0) is 14.3 Å². The molecular weight excluding hydrogens is 338 g/mol. The van der Waals surface area contributed by atoms with E-state index in [2.05, 4.69) is 0 Å². The third-order valence-electron chi connectivity index (χ3n) is 4.83. The number of benzene rings is 1. The first-order chi connectivity index (χ1) is 11.4. The molecule has 24 heavy (non-hydrogen) atoms. The number of aromatic carboxylic acids is 1. The Morgan fingerprint density at radius 3 is 2.79 bits per heavy atom. The molecule has 1 N–H and O–H groups in total. The lowest BCUT2D eigenvalue weighted by molar-refractivity contribution is -0.255. The van der Waals surface area contributed by atoms with Crippen molar-refractivity contribution in [1.82, 2.24) is 0 Å². The lowest BCUT2D eigenvalue weighted by Gasteiger charge is -2.26. The molecule has 3 aliphatic heterocycles. The molecule has 0 radical (unpaired) electrons. The molecule has 0 spiro atoms. The fourth-order valence-corrected chi connectivity index (χ4v) is 3.94. The molecule has 3 aliphatic rings. The van der Waals surface area contributed by atoms with E-state index in [4.69, 9.17) is 16.3 Å². The Morgan fingerprint density at radius 2 is 2.12 bits per heavy atom. The van der Waals surface area contributed by atoms with Gasteiger partial charge in [0.25, 0.3) is 0 Å². The quantitative estimate of drug-likeness (QED) is 0.583. The first kappa shape index (κ1) is 15.3. The van der Waals surface area contributed by atoms with E-state index in [0.29, 0.717) is 0 Å². The average Bonchev–Trinajstić information content (AvgIpc) is 3.19. The van der Waals surface area contributed by atoms with Gasteiger partial charge >= 0.3 is 0 Å². The molecule has 2 amide bonds. The molecule has 4 rings (SSSR count). The van der Waals surface area contributed by atoms with Crippen LogP contribution in [0.15, 0.2) is 30.4 Å². The zero-order chi connectivity index (χ0) is 17.2. The Kier molecular flexibility index (Phi) is 3.12. The number of amides is 2. The molecule has 0 aliphatic carbocycles. The van der Waals surface area contributed by atoms with Crippen LogP contribution in [0, 0.1) is 11.8 Å². The Hall–Kier alpha value is -2.22. The van der Waals surface area contributed by atoms with E-state index in [0.717, 1.165) is 11.0 Å². The molecule has 124 valence electrons. The highest BCUT2D eigenvalue weighted by Gasteiger charge is 2.67. The van der Waals surface area contributed by atoms with Gasteiger partial charge in [0.15, 0.2) is 0 Å². The first-order valence-electron chi connectivity index (χ1n) is 7.26. The topological polar surface area (TPSA) is 107 Å². The second-order valence-corrected chi connectivity index (χ2v) is 6.43. The zero-order valence-electron chi connectivity index (χ0n) is 12.1. The van der Waals surface area contributed by atoms with E-state index in [1.807, 2.05) is 0 Å². The normalized spacial score (nSPS) is 33.4. The van der Waals surface area contributed by atoms with Crippen molar-refractivity contribution in [3.63, 3.8) is 0 Å². The summed E-state index contributed by atoms with van der Waals surface area (Å²) in [4.78, 5) is 37.6. The van der Waals surface area contributed by atoms with Crippen molar-refractivity contribution in [2.45, 2.75) is 11.7 Å². The van der Waals surface area contributed by atoms with E-state index in [-0.39, 0.29) is 16.3 Å². The van der Waals surface area contributed by atoms with Crippen molar-refractivity contribution in [1.29, 1.82) is 0 Å². The van der Waals surface area contributed by atoms with Gasteiger partial charge in [-0.15, -0.1) is 0 Å². The SMILES string of the molecule is O=C([O-])c1cc(N2C(=O)[C@H]3[C@@H]4C=C[C@](CO)(O4)[C@H]3C2=O)ccc1Cl. The molecule has 0 saturated carbocycles. The molecule has 7 nitrogen and oxygen atoms in total. The summed E-state index contributed by atoms with van der Waals surface area (Å²) in [6.45, 7) is -0.418. The third kappa shape index (κ3) is 1.77. The molecule has 4 atom stereocenters. The molecule has 2 fully saturated rings. The highest BCUT2D eigenvalue weighted by molar-refractivity contribution is 6.33. The molecule has 0 unspecified atom stereocenters. The molecule has 0 aromatic heterocycles. The smallest absolute Gasteiger partial charge is 0.241 e. The predicted molar refractivity (Wildman–Crippen MR) is 79.1 cm³/mol. The lowest BCUT2D eigenvalue weighted by atomic mass is 9.77. The molecule has 3 heterocycles. The number of anilines is 1.